The van der Waals surface area contributed by atoms with Crippen molar-refractivity contribution in [3.63, 3.8) is 0 Å². The topological polar surface area (TPSA) is 0 Å². The predicted octanol–water partition coefficient (Wildman–Crippen LogP) is 14.8. The maximum absolute atomic E-state index is 2.43. The highest BCUT2D eigenvalue weighted by Gasteiger charge is 2.37. The van der Waals surface area contributed by atoms with E-state index in [4.69, 9.17) is 0 Å². The van der Waals surface area contributed by atoms with E-state index in [1.807, 2.05) is 11.3 Å². The molecule has 52 heavy (non-hydrogen) atoms. The third kappa shape index (κ3) is 4.21. The molecule has 0 nitrogen and oxygen atoms in total. The molecular weight excluding hydrogens is 645 g/mol. The second-order valence-corrected chi connectivity index (χ2v) is 15.9. The smallest absolute Gasteiger partial charge is 0.0402 e. The highest BCUT2D eigenvalue weighted by atomic mass is 32.1. The van der Waals surface area contributed by atoms with Gasteiger partial charge in [-0.2, -0.15) is 0 Å². The zero-order valence-corrected chi connectivity index (χ0v) is 29.9. The van der Waals surface area contributed by atoms with E-state index in [0.29, 0.717) is 0 Å². The molecule has 1 aliphatic carbocycles. The van der Waals surface area contributed by atoms with Crippen molar-refractivity contribution in [3.8, 4) is 44.5 Å². The molecule has 244 valence electrons. The van der Waals surface area contributed by atoms with Gasteiger partial charge in [0.2, 0.25) is 0 Å². The summed E-state index contributed by atoms with van der Waals surface area (Å²) in [4.78, 5) is 0. The normalized spacial score (nSPS) is 13.3. The van der Waals surface area contributed by atoms with Crippen LogP contribution in [0.1, 0.15) is 25.0 Å². The van der Waals surface area contributed by atoms with E-state index in [0.717, 1.165) is 0 Å². The summed E-state index contributed by atoms with van der Waals surface area (Å²) < 4.78 is 2.79. The number of fused-ring (bicyclic) bond motifs is 10. The van der Waals surface area contributed by atoms with Gasteiger partial charge in [0.25, 0.3) is 0 Å². The summed E-state index contributed by atoms with van der Waals surface area (Å²) in [5.74, 6) is 0. The first kappa shape index (κ1) is 29.7. The predicted molar refractivity (Wildman–Crippen MR) is 226 cm³/mol. The summed E-state index contributed by atoms with van der Waals surface area (Å²) in [6.45, 7) is 4.78. The van der Waals surface area contributed by atoms with Crippen LogP contribution in [0.15, 0.2) is 170 Å². The summed E-state index contributed by atoms with van der Waals surface area (Å²) in [6, 6.07) is 63.3. The molecule has 0 atom stereocenters. The van der Waals surface area contributed by atoms with Gasteiger partial charge < -0.3 is 0 Å². The fraction of sp³-hybridized carbons (Fsp3) is 0.0588. The molecule has 1 heterocycles. The van der Waals surface area contributed by atoms with Gasteiger partial charge in [-0.1, -0.05) is 166 Å². The fourth-order valence-electron chi connectivity index (χ4n) is 9.19. The SMILES string of the molecule is CC1(C)c2ccccc2-c2ccc3c(sc4cc5ccc(-c6ccc(-c7c8ccccc8c(-c8ccccc8)c8ccccc78)cc6)cc5cc43)c21. The minimum absolute atomic E-state index is 0.0203. The molecule has 1 aromatic heterocycles. The molecule has 1 aliphatic rings. The molecule has 0 saturated carbocycles. The lowest BCUT2D eigenvalue weighted by Gasteiger charge is -2.22. The van der Waals surface area contributed by atoms with Crippen LogP contribution < -0.4 is 0 Å². The van der Waals surface area contributed by atoms with Crippen molar-refractivity contribution >= 4 is 63.8 Å². The van der Waals surface area contributed by atoms with Crippen LogP contribution >= 0.6 is 11.3 Å². The van der Waals surface area contributed by atoms with Gasteiger partial charge in [-0.15, -0.1) is 11.3 Å². The first-order valence-electron chi connectivity index (χ1n) is 18.2. The lowest BCUT2D eigenvalue weighted by molar-refractivity contribution is 0.667. The summed E-state index contributed by atoms with van der Waals surface area (Å²) >= 11 is 1.96. The highest BCUT2D eigenvalue weighted by Crippen LogP contribution is 2.54. The Hall–Kier alpha value is -6.02. The van der Waals surface area contributed by atoms with Crippen LogP contribution in [0.2, 0.25) is 0 Å². The average Bonchev–Trinajstić information content (AvgIpc) is 3.67. The number of hydrogen-bond donors (Lipinski definition) is 0. The largest absolute Gasteiger partial charge is 0.135 e. The van der Waals surface area contributed by atoms with E-state index >= 15 is 0 Å². The highest BCUT2D eigenvalue weighted by molar-refractivity contribution is 7.26. The van der Waals surface area contributed by atoms with Gasteiger partial charge in [-0.3, -0.25) is 0 Å². The molecule has 0 spiro atoms. The van der Waals surface area contributed by atoms with Crippen molar-refractivity contribution in [2.45, 2.75) is 19.3 Å². The van der Waals surface area contributed by atoms with Gasteiger partial charge >= 0.3 is 0 Å². The van der Waals surface area contributed by atoms with Crippen molar-refractivity contribution in [1.29, 1.82) is 0 Å². The van der Waals surface area contributed by atoms with E-state index in [9.17, 15) is 0 Å². The van der Waals surface area contributed by atoms with Gasteiger partial charge in [0.1, 0.15) is 0 Å². The zero-order valence-electron chi connectivity index (χ0n) is 29.1. The third-order valence-corrected chi connectivity index (χ3v) is 12.8. The van der Waals surface area contributed by atoms with E-state index in [-0.39, 0.29) is 5.41 Å². The number of hydrogen-bond acceptors (Lipinski definition) is 1. The fourth-order valence-corrected chi connectivity index (χ4v) is 10.6. The number of rotatable bonds is 3. The number of benzene rings is 9. The quantitative estimate of drug-likeness (QED) is 0.163. The summed E-state index contributed by atoms with van der Waals surface area (Å²) in [5, 5.41) is 10.4. The number of thiophene rings is 1. The van der Waals surface area contributed by atoms with Crippen molar-refractivity contribution in [2.24, 2.45) is 0 Å². The van der Waals surface area contributed by atoms with Crippen LogP contribution in [0.4, 0.5) is 0 Å². The Labute approximate surface area is 307 Å². The van der Waals surface area contributed by atoms with E-state index in [1.165, 1.54) is 108 Å². The molecule has 11 rings (SSSR count). The van der Waals surface area contributed by atoms with Crippen LogP contribution in [0.5, 0.6) is 0 Å². The summed E-state index contributed by atoms with van der Waals surface area (Å²) in [6.07, 6.45) is 0. The monoisotopic (exact) mass is 678 g/mol. The first-order chi connectivity index (χ1) is 25.5. The van der Waals surface area contributed by atoms with Crippen LogP contribution in [0.25, 0.3) is 97.0 Å². The van der Waals surface area contributed by atoms with Gasteiger partial charge in [-0.25, -0.2) is 0 Å². The zero-order chi connectivity index (χ0) is 34.6. The van der Waals surface area contributed by atoms with Crippen molar-refractivity contribution in [1.82, 2.24) is 0 Å². The Morgan fingerprint density at radius 1 is 0.385 bits per heavy atom. The molecule has 0 fully saturated rings. The Kier molecular flexibility index (Phi) is 6.27. The lowest BCUT2D eigenvalue weighted by atomic mass is 9.82. The summed E-state index contributed by atoms with van der Waals surface area (Å²) in [7, 11) is 0. The van der Waals surface area contributed by atoms with Gasteiger partial charge in [-0.05, 0) is 106 Å². The Balaban J connectivity index is 1.02. The average molecular weight is 679 g/mol. The molecule has 0 saturated heterocycles. The molecular formula is C51H34S. The van der Waals surface area contributed by atoms with Crippen LogP contribution in [-0.4, -0.2) is 0 Å². The van der Waals surface area contributed by atoms with Crippen molar-refractivity contribution in [2.75, 3.05) is 0 Å². The van der Waals surface area contributed by atoms with Crippen molar-refractivity contribution < 1.29 is 0 Å². The maximum Gasteiger partial charge on any atom is 0.0402 e. The van der Waals surface area contributed by atoms with Crippen molar-refractivity contribution in [3.05, 3.63) is 181 Å². The Morgan fingerprint density at radius 3 is 1.65 bits per heavy atom. The van der Waals surface area contributed by atoms with Crippen LogP contribution in [0, 0.1) is 0 Å². The minimum atomic E-state index is -0.0203. The Bertz CT molecular complexity index is 3010. The third-order valence-electron chi connectivity index (χ3n) is 11.6. The van der Waals surface area contributed by atoms with Gasteiger partial charge in [0.15, 0.2) is 0 Å². The van der Waals surface area contributed by atoms with E-state index in [2.05, 4.69) is 184 Å². The van der Waals surface area contributed by atoms with Gasteiger partial charge in [0, 0.05) is 25.6 Å². The standard InChI is InChI=1S/C51H34S/c1-51(2)45-19-11-10-14-37(45)42-26-27-43-44-29-36-28-34(24-25-35(36)30-46(44)52-50(43)49(42)51)31-20-22-33(23-21-31)48-40-17-8-6-15-38(40)47(32-12-4-3-5-13-32)39-16-7-9-18-41(39)48/h3-30H,1-2H3. The molecule has 0 aliphatic heterocycles. The lowest BCUT2D eigenvalue weighted by Crippen LogP contribution is -2.14. The molecule has 0 bridgehead atoms. The first-order valence-corrected chi connectivity index (χ1v) is 19.0. The van der Waals surface area contributed by atoms with Gasteiger partial charge in [0.05, 0.1) is 0 Å². The van der Waals surface area contributed by atoms with E-state index in [1.54, 1.807) is 0 Å². The second-order valence-electron chi connectivity index (χ2n) is 14.8. The Morgan fingerprint density at radius 2 is 0.962 bits per heavy atom. The minimum Gasteiger partial charge on any atom is -0.135 e. The second kappa shape index (κ2) is 11.0. The molecule has 10 aromatic rings. The molecule has 9 aromatic carbocycles. The molecule has 0 radical (unpaired) electrons. The molecule has 0 unspecified atom stereocenters. The van der Waals surface area contributed by atoms with Crippen LogP contribution in [0.3, 0.4) is 0 Å². The summed E-state index contributed by atoms with van der Waals surface area (Å²) in [5.41, 5.74) is 13.2. The molecule has 1 heteroatoms. The van der Waals surface area contributed by atoms with Crippen LogP contribution in [-0.2, 0) is 5.41 Å². The molecule has 0 N–H and O–H groups in total. The van der Waals surface area contributed by atoms with E-state index < -0.39 is 0 Å². The maximum atomic E-state index is 2.43. The molecule has 0 amide bonds.